The monoisotopic (exact) mass is 359 g/mol. The van der Waals surface area contributed by atoms with E-state index in [1.54, 1.807) is 6.07 Å². The van der Waals surface area contributed by atoms with Crippen LogP contribution in [0.2, 0.25) is 0 Å². The molecule has 3 aromatic carbocycles. The molecular weight excluding hydrogens is 338 g/mol. The normalized spacial score (nSPS) is 11.0. The van der Waals surface area contributed by atoms with Crippen molar-refractivity contribution >= 4 is 22.4 Å². The van der Waals surface area contributed by atoms with Gasteiger partial charge in [0, 0.05) is 25.0 Å². The summed E-state index contributed by atoms with van der Waals surface area (Å²) in [5, 5.41) is 19.2. The van der Waals surface area contributed by atoms with E-state index in [4.69, 9.17) is 5.73 Å². The number of nitrogens with zero attached hydrogens (tertiary/aromatic N) is 4. The van der Waals surface area contributed by atoms with Crippen molar-refractivity contribution in [3.63, 3.8) is 0 Å². The van der Waals surface area contributed by atoms with Crippen LogP contribution in [0.25, 0.3) is 16.7 Å². The molecule has 0 saturated carbocycles. The van der Waals surface area contributed by atoms with Crippen LogP contribution in [-0.4, -0.2) is 27.1 Å². The van der Waals surface area contributed by atoms with Crippen LogP contribution in [0, 0.1) is 6.92 Å². The molecule has 0 spiro atoms. The van der Waals surface area contributed by atoms with Gasteiger partial charge in [0.1, 0.15) is 22.5 Å². The molecule has 0 aliphatic rings. The van der Waals surface area contributed by atoms with E-state index in [0.717, 1.165) is 33.5 Å². The maximum absolute atomic E-state index is 10.3. The smallest absolute Gasteiger partial charge is 0.143 e. The first-order valence-corrected chi connectivity index (χ1v) is 8.73. The Kier molecular flexibility index (Phi) is 4.16. The largest absolute Gasteiger partial charge is 0.506 e. The molecule has 0 radical (unpaired) electrons. The van der Waals surface area contributed by atoms with Gasteiger partial charge in [0.2, 0.25) is 0 Å². The number of rotatable bonds is 4. The topological polar surface area (TPSA) is 80.2 Å². The van der Waals surface area contributed by atoms with Crippen LogP contribution in [0.15, 0.2) is 60.7 Å². The summed E-state index contributed by atoms with van der Waals surface area (Å²) >= 11 is 0. The van der Waals surface area contributed by atoms with Crippen LogP contribution in [0.3, 0.4) is 0 Å². The Bertz CT molecular complexity index is 1090. The van der Waals surface area contributed by atoms with Crippen molar-refractivity contribution in [3.05, 3.63) is 71.8 Å². The number of anilines is 2. The molecule has 4 rings (SSSR count). The molecule has 0 unspecified atom stereocenters. The van der Waals surface area contributed by atoms with Crippen LogP contribution in [-0.2, 0) is 6.54 Å². The molecule has 0 atom stereocenters. The fourth-order valence-corrected chi connectivity index (χ4v) is 3.26. The van der Waals surface area contributed by atoms with Crippen LogP contribution < -0.4 is 10.6 Å². The summed E-state index contributed by atoms with van der Waals surface area (Å²) in [5.41, 5.74) is 12.0. The van der Waals surface area contributed by atoms with Crippen molar-refractivity contribution in [1.29, 1.82) is 0 Å². The third-order valence-corrected chi connectivity index (χ3v) is 4.59. The predicted octanol–water partition coefficient (Wildman–Crippen LogP) is 3.65. The summed E-state index contributed by atoms with van der Waals surface area (Å²) in [5.74, 6) is 0.144. The minimum Gasteiger partial charge on any atom is -0.506 e. The Hall–Kier alpha value is -3.54. The van der Waals surface area contributed by atoms with Gasteiger partial charge in [-0.2, -0.15) is 0 Å². The molecule has 1 aromatic heterocycles. The number of aromatic hydroxyl groups is 1. The summed E-state index contributed by atoms with van der Waals surface area (Å²) in [6.45, 7) is 2.72. The summed E-state index contributed by atoms with van der Waals surface area (Å²) in [6.07, 6.45) is 0. The van der Waals surface area contributed by atoms with Crippen LogP contribution in [0.4, 0.5) is 11.4 Å². The second-order valence-corrected chi connectivity index (χ2v) is 6.70. The van der Waals surface area contributed by atoms with E-state index in [1.807, 2.05) is 68.6 Å². The number of phenols is 1. The fraction of sp³-hybridized carbons (Fsp3) is 0.143. The van der Waals surface area contributed by atoms with Gasteiger partial charge in [-0.25, -0.2) is 0 Å². The zero-order valence-electron chi connectivity index (χ0n) is 15.3. The number of phenolic OH excluding ortho intramolecular Hbond substituents is 1. The predicted molar refractivity (Wildman–Crippen MR) is 108 cm³/mol. The lowest BCUT2D eigenvalue weighted by Crippen LogP contribution is -2.17. The van der Waals surface area contributed by atoms with Crippen molar-refractivity contribution in [3.8, 4) is 11.4 Å². The van der Waals surface area contributed by atoms with E-state index in [9.17, 15) is 5.11 Å². The highest BCUT2D eigenvalue weighted by molar-refractivity contribution is 5.73. The third-order valence-electron chi connectivity index (χ3n) is 4.59. The highest BCUT2D eigenvalue weighted by atomic mass is 16.3. The first-order chi connectivity index (χ1) is 13.0. The zero-order chi connectivity index (χ0) is 19.0. The molecule has 3 N–H and O–H groups in total. The molecule has 0 aliphatic heterocycles. The number of hydrogen-bond acceptors (Lipinski definition) is 5. The Labute approximate surface area is 157 Å². The van der Waals surface area contributed by atoms with Crippen molar-refractivity contribution in [2.45, 2.75) is 13.5 Å². The first-order valence-electron chi connectivity index (χ1n) is 8.73. The molecule has 0 aliphatic carbocycles. The second-order valence-electron chi connectivity index (χ2n) is 6.70. The SMILES string of the molecule is Cc1cc(N)ccc1N(C)Cc1ccc(O)c(-n2nc3ccccc3n2)c1. The van der Waals surface area contributed by atoms with Crippen LogP contribution in [0.1, 0.15) is 11.1 Å². The minimum absolute atomic E-state index is 0.144. The fourth-order valence-electron chi connectivity index (χ4n) is 3.26. The molecular formula is C21H21N5O. The number of aromatic nitrogens is 3. The Balaban J connectivity index is 1.65. The Morgan fingerprint density at radius 1 is 1.00 bits per heavy atom. The standard InChI is InChI=1S/C21H21N5O/c1-14-11-16(22)8-9-19(14)25(2)13-15-7-10-21(27)20(12-15)26-23-17-5-3-4-6-18(17)24-26/h3-12,27H,13,22H2,1-2H3. The van der Waals surface area contributed by atoms with Crippen LogP contribution >= 0.6 is 0 Å². The van der Waals surface area contributed by atoms with Gasteiger partial charge < -0.3 is 15.7 Å². The van der Waals surface area contributed by atoms with Gasteiger partial charge in [0.05, 0.1) is 0 Å². The van der Waals surface area contributed by atoms with Crippen molar-refractivity contribution in [1.82, 2.24) is 15.0 Å². The average Bonchev–Trinajstić information content (AvgIpc) is 3.07. The van der Waals surface area contributed by atoms with E-state index >= 15 is 0 Å². The van der Waals surface area contributed by atoms with Gasteiger partial charge in [-0.3, -0.25) is 0 Å². The van der Waals surface area contributed by atoms with Crippen molar-refractivity contribution in [2.24, 2.45) is 0 Å². The van der Waals surface area contributed by atoms with Gasteiger partial charge in [0.25, 0.3) is 0 Å². The van der Waals surface area contributed by atoms with Gasteiger partial charge in [-0.15, -0.1) is 15.0 Å². The maximum atomic E-state index is 10.3. The summed E-state index contributed by atoms with van der Waals surface area (Å²) in [7, 11) is 2.03. The lowest BCUT2D eigenvalue weighted by molar-refractivity contribution is 0.467. The molecule has 4 aromatic rings. The summed E-state index contributed by atoms with van der Waals surface area (Å²) in [6, 6.07) is 19.0. The van der Waals surface area contributed by atoms with Gasteiger partial charge in [0.15, 0.2) is 0 Å². The number of hydrogen-bond donors (Lipinski definition) is 2. The molecule has 0 saturated heterocycles. The van der Waals surface area contributed by atoms with E-state index in [1.165, 1.54) is 4.80 Å². The molecule has 6 nitrogen and oxygen atoms in total. The quantitative estimate of drug-likeness (QED) is 0.544. The second kappa shape index (κ2) is 6.64. The third kappa shape index (κ3) is 3.29. The van der Waals surface area contributed by atoms with Gasteiger partial charge in [-0.1, -0.05) is 18.2 Å². The molecule has 1 heterocycles. The van der Waals surface area contributed by atoms with E-state index in [-0.39, 0.29) is 5.75 Å². The first kappa shape index (κ1) is 16.9. The maximum Gasteiger partial charge on any atom is 0.143 e. The number of nitrogens with two attached hydrogens (primary N) is 1. The zero-order valence-corrected chi connectivity index (χ0v) is 15.3. The lowest BCUT2D eigenvalue weighted by atomic mass is 10.1. The summed E-state index contributed by atoms with van der Waals surface area (Å²) < 4.78 is 0. The highest BCUT2D eigenvalue weighted by Gasteiger charge is 2.12. The molecule has 0 fully saturated rings. The van der Waals surface area contributed by atoms with E-state index < -0.39 is 0 Å². The average molecular weight is 359 g/mol. The van der Waals surface area contributed by atoms with E-state index in [0.29, 0.717) is 12.2 Å². The molecule has 0 bridgehead atoms. The van der Waals surface area contributed by atoms with Gasteiger partial charge >= 0.3 is 0 Å². The number of benzene rings is 3. The minimum atomic E-state index is 0.144. The number of nitrogen functional groups attached to an aromatic ring is 1. The van der Waals surface area contributed by atoms with Crippen LogP contribution in [0.5, 0.6) is 5.75 Å². The van der Waals surface area contributed by atoms with Crippen molar-refractivity contribution < 1.29 is 5.11 Å². The van der Waals surface area contributed by atoms with Crippen molar-refractivity contribution in [2.75, 3.05) is 17.7 Å². The van der Waals surface area contributed by atoms with Gasteiger partial charge in [-0.05, 0) is 60.5 Å². The van der Waals surface area contributed by atoms with E-state index in [2.05, 4.69) is 15.1 Å². The lowest BCUT2D eigenvalue weighted by Gasteiger charge is -2.22. The molecule has 6 heteroatoms. The number of aryl methyl sites for hydroxylation is 1. The molecule has 136 valence electrons. The number of fused-ring (bicyclic) bond motifs is 1. The Morgan fingerprint density at radius 2 is 1.70 bits per heavy atom. The molecule has 27 heavy (non-hydrogen) atoms. The highest BCUT2D eigenvalue weighted by Crippen LogP contribution is 2.26. The summed E-state index contributed by atoms with van der Waals surface area (Å²) in [4.78, 5) is 3.63. The Morgan fingerprint density at radius 3 is 2.37 bits per heavy atom. The molecule has 0 amide bonds.